The van der Waals surface area contributed by atoms with E-state index in [1.165, 1.54) is 24.3 Å². The molecule has 7 heteroatoms. The predicted molar refractivity (Wildman–Crippen MR) is 83.9 cm³/mol. The van der Waals surface area contributed by atoms with Gasteiger partial charge in [-0.15, -0.1) is 0 Å². The Morgan fingerprint density at radius 1 is 1.30 bits per heavy atom. The topological polar surface area (TPSA) is 76.4 Å². The van der Waals surface area contributed by atoms with Crippen LogP contribution in [0.15, 0.2) is 30.3 Å². The summed E-state index contributed by atoms with van der Waals surface area (Å²) in [5.74, 6) is -0.655. The van der Waals surface area contributed by atoms with Crippen LogP contribution in [0.5, 0.6) is 5.75 Å². The van der Waals surface area contributed by atoms with Gasteiger partial charge in [0.1, 0.15) is 0 Å². The van der Waals surface area contributed by atoms with Crippen molar-refractivity contribution in [2.45, 2.75) is 19.6 Å². The minimum absolute atomic E-state index is 0.0250. The second-order valence-corrected chi connectivity index (χ2v) is 5.32. The number of anilines is 1. The number of fused-ring (bicyclic) bond motifs is 1. The van der Waals surface area contributed by atoms with Crippen molar-refractivity contribution in [1.82, 2.24) is 5.32 Å². The largest absolute Gasteiger partial charge is 0.490 e. The molecule has 1 aliphatic heterocycles. The summed E-state index contributed by atoms with van der Waals surface area (Å²) in [5.41, 5.74) is 3.32. The number of hydrogen-bond donors (Lipinski definition) is 2. The second-order valence-electron chi connectivity index (χ2n) is 5.32. The number of rotatable bonds is 5. The normalized spacial score (nSPS) is 12.8. The predicted octanol–water partition coefficient (Wildman–Crippen LogP) is 2.96. The molecule has 23 heavy (non-hydrogen) atoms. The van der Waals surface area contributed by atoms with Crippen LogP contribution in [0.4, 0.5) is 15.8 Å². The van der Waals surface area contributed by atoms with Crippen molar-refractivity contribution in [3.8, 4) is 5.75 Å². The van der Waals surface area contributed by atoms with E-state index in [1.54, 1.807) is 0 Å². The van der Waals surface area contributed by atoms with Gasteiger partial charge < -0.3 is 15.4 Å². The molecular formula is C16H16FN3O3. The summed E-state index contributed by atoms with van der Waals surface area (Å²) in [6.45, 7) is 2.13. The van der Waals surface area contributed by atoms with Crippen molar-refractivity contribution in [2.24, 2.45) is 0 Å². The Balaban J connectivity index is 1.79. The van der Waals surface area contributed by atoms with Crippen LogP contribution in [0.2, 0.25) is 0 Å². The van der Waals surface area contributed by atoms with Crippen molar-refractivity contribution >= 4 is 11.4 Å². The number of nitrogens with zero attached hydrogens (tertiary/aromatic N) is 1. The van der Waals surface area contributed by atoms with Gasteiger partial charge in [0.2, 0.25) is 0 Å². The van der Waals surface area contributed by atoms with Gasteiger partial charge in [0.05, 0.1) is 23.8 Å². The van der Waals surface area contributed by atoms with Gasteiger partial charge in [0.15, 0.2) is 11.6 Å². The maximum Gasteiger partial charge on any atom is 0.313 e. The molecule has 0 radical (unpaired) electrons. The Labute approximate surface area is 132 Å². The maximum atomic E-state index is 14.0. The van der Waals surface area contributed by atoms with Crippen LogP contribution in [-0.4, -0.2) is 12.0 Å². The van der Waals surface area contributed by atoms with Crippen LogP contribution in [0, 0.1) is 15.9 Å². The molecule has 2 aromatic rings. The number of methoxy groups -OCH3 is 1. The lowest BCUT2D eigenvalue weighted by Crippen LogP contribution is -2.04. The van der Waals surface area contributed by atoms with Crippen molar-refractivity contribution in [3.05, 3.63) is 63.0 Å². The highest BCUT2D eigenvalue weighted by atomic mass is 19.1. The fourth-order valence-electron chi connectivity index (χ4n) is 2.64. The summed E-state index contributed by atoms with van der Waals surface area (Å²) in [6.07, 6.45) is 0. The van der Waals surface area contributed by atoms with Crippen LogP contribution in [0.1, 0.15) is 16.7 Å². The highest BCUT2D eigenvalue weighted by Crippen LogP contribution is 2.32. The highest BCUT2D eigenvalue weighted by Gasteiger charge is 2.19. The first kappa shape index (κ1) is 15.2. The first-order valence-electron chi connectivity index (χ1n) is 7.15. The van der Waals surface area contributed by atoms with E-state index in [2.05, 4.69) is 22.8 Å². The van der Waals surface area contributed by atoms with Gasteiger partial charge in [-0.1, -0.05) is 18.2 Å². The average Bonchev–Trinajstić information content (AvgIpc) is 3.00. The molecule has 0 amide bonds. The average molecular weight is 317 g/mol. The first-order valence-corrected chi connectivity index (χ1v) is 7.15. The van der Waals surface area contributed by atoms with E-state index in [0.29, 0.717) is 6.54 Å². The lowest BCUT2D eigenvalue weighted by atomic mass is 10.1. The van der Waals surface area contributed by atoms with E-state index >= 15 is 0 Å². The van der Waals surface area contributed by atoms with Crippen LogP contribution in [0.3, 0.4) is 0 Å². The van der Waals surface area contributed by atoms with Gasteiger partial charge in [-0.2, -0.15) is 0 Å². The molecule has 0 atom stereocenters. The standard InChI is InChI=1S/C16H16FN3O3/c1-23-16-6-14(13(17)5-15(16)20(21)22)19-7-10-2-3-11-8-18-9-12(11)4-10/h2-6,18-19H,7-9H2,1H3. The van der Waals surface area contributed by atoms with E-state index in [1.807, 2.05) is 6.07 Å². The minimum atomic E-state index is -0.680. The van der Waals surface area contributed by atoms with Gasteiger partial charge >= 0.3 is 5.69 Å². The van der Waals surface area contributed by atoms with Crippen LogP contribution < -0.4 is 15.4 Å². The smallest absolute Gasteiger partial charge is 0.313 e. The van der Waals surface area contributed by atoms with Gasteiger partial charge in [-0.25, -0.2) is 4.39 Å². The highest BCUT2D eigenvalue weighted by molar-refractivity contribution is 5.59. The Bertz CT molecular complexity index is 764. The fourth-order valence-corrected chi connectivity index (χ4v) is 2.64. The Morgan fingerprint density at radius 3 is 2.83 bits per heavy atom. The molecule has 2 aromatic carbocycles. The Morgan fingerprint density at radius 2 is 2.09 bits per heavy atom. The summed E-state index contributed by atoms with van der Waals surface area (Å²) in [7, 11) is 1.32. The Kier molecular flexibility index (Phi) is 4.12. The molecule has 120 valence electrons. The lowest BCUT2D eigenvalue weighted by molar-refractivity contribution is -0.385. The summed E-state index contributed by atoms with van der Waals surface area (Å²) in [4.78, 5) is 10.2. The number of nitro benzene ring substituents is 1. The molecule has 1 aliphatic rings. The molecule has 2 N–H and O–H groups in total. The third-order valence-electron chi connectivity index (χ3n) is 3.85. The molecule has 6 nitrogen and oxygen atoms in total. The number of benzene rings is 2. The van der Waals surface area contributed by atoms with E-state index in [4.69, 9.17) is 4.74 Å². The molecule has 0 aromatic heterocycles. The monoisotopic (exact) mass is 317 g/mol. The summed E-state index contributed by atoms with van der Waals surface area (Å²) < 4.78 is 19.0. The fraction of sp³-hybridized carbons (Fsp3) is 0.250. The third-order valence-corrected chi connectivity index (χ3v) is 3.85. The zero-order valence-corrected chi connectivity index (χ0v) is 12.6. The van der Waals surface area contributed by atoms with Crippen molar-refractivity contribution in [1.29, 1.82) is 0 Å². The maximum absolute atomic E-state index is 14.0. The van der Waals surface area contributed by atoms with E-state index < -0.39 is 10.7 Å². The number of halogens is 1. The van der Waals surface area contributed by atoms with Crippen molar-refractivity contribution < 1.29 is 14.1 Å². The van der Waals surface area contributed by atoms with E-state index in [9.17, 15) is 14.5 Å². The number of nitrogens with one attached hydrogen (secondary N) is 2. The Hall–Kier alpha value is -2.67. The molecule has 0 bridgehead atoms. The lowest BCUT2D eigenvalue weighted by Gasteiger charge is -2.11. The quantitative estimate of drug-likeness (QED) is 0.655. The summed E-state index contributed by atoms with van der Waals surface area (Å²) >= 11 is 0. The zero-order chi connectivity index (χ0) is 16.4. The molecule has 0 saturated heterocycles. The zero-order valence-electron chi connectivity index (χ0n) is 12.6. The molecule has 0 saturated carbocycles. The molecule has 0 fully saturated rings. The van der Waals surface area contributed by atoms with Gasteiger partial charge in [0, 0.05) is 25.7 Å². The third kappa shape index (κ3) is 3.09. The van der Waals surface area contributed by atoms with Gasteiger partial charge in [-0.3, -0.25) is 10.1 Å². The van der Waals surface area contributed by atoms with Crippen LogP contribution >= 0.6 is 0 Å². The number of hydrogen-bond acceptors (Lipinski definition) is 5. The number of nitro groups is 1. The van der Waals surface area contributed by atoms with Crippen LogP contribution in [-0.2, 0) is 19.6 Å². The van der Waals surface area contributed by atoms with Crippen molar-refractivity contribution in [3.63, 3.8) is 0 Å². The van der Waals surface area contributed by atoms with E-state index in [-0.39, 0.29) is 17.1 Å². The molecule has 0 aliphatic carbocycles. The molecule has 3 rings (SSSR count). The molecular weight excluding hydrogens is 301 g/mol. The van der Waals surface area contributed by atoms with Crippen LogP contribution in [0.25, 0.3) is 0 Å². The molecule has 1 heterocycles. The van der Waals surface area contributed by atoms with Crippen molar-refractivity contribution in [2.75, 3.05) is 12.4 Å². The summed E-state index contributed by atoms with van der Waals surface area (Å²) in [6, 6.07) is 8.29. The molecule has 0 spiro atoms. The number of ether oxygens (including phenoxy) is 1. The SMILES string of the molecule is COc1cc(NCc2ccc3c(c2)CNC3)c(F)cc1[N+](=O)[O-]. The first-order chi connectivity index (χ1) is 11.1. The second kappa shape index (κ2) is 6.21. The minimum Gasteiger partial charge on any atom is -0.490 e. The van der Waals surface area contributed by atoms with E-state index in [0.717, 1.165) is 24.7 Å². The summed E-state index contributed by atoms with van der Waals surface area (Å²) in [5, 5.41) is 17.1. The van der Waals surface area contributed by atoms with Gasteiger partial charge in [0.25, 0.3) is 0 Å². The van der Waals surface area contributed by atoms with Gasteiger partial charge in [-0.05, 0) is 16.7 Å². The molecule has 0 unspecified atom stereocenters.